The number of hydrogen-bond acceptors (Lipinski definition) is 3. The number of carbonyl (C=O) groups excluding carboxylic acids is 1. The monoisotopic (exact) mass is 387 g/mol. The molecule has 0 atom stereocenters. The molecule has 3 aromatic carbocycles. The number of azo groups is 1. The number of hydrogen-bond donors (Lipinski definition) is 1. The molecule has 0 aliphatic rings. The smallest absolute Gasteiger partial charge is 0.295 e. The summed E-state index contributed by atoms with van der Waals surface area (Å²) in [6.45, 7) is 0.553. The summed E-state index contributed by atoms with van der Waals surface area (Å²) in [5.41, 5.74) is 2.43. The second kappa shape index (κ2) is 8.06. The normalized spacial score (nSPS) is 11.3. The van der Waals surface area contributed by atoms with Gasteiger partial charge in [0.05, 0.1) is 5.52 Å². The minimum atomic E-state index is -0.606. The van der Waals surface area contributed by atoms with E-state index in [1.807, 2.05) is 54.6 Å². The molecule has 4 aromatic rings. The maximum atomic E-state index is 13.0. The van der Waals surface area contributed by atoms with Gasteiger partial charge in [0.15, 0.2) is 5.69 Å². The quantitative estimate of drug-likeness (QED) is 0.450. The van der Waals surface area contributed by atoms with Gasteiger partial charge in [-0.2, -0.15) is 0 Å². The van der Waals surface area contributed by atoms with Gasteiger partial charge in [0.1, 0.15) is 5.82 Å². The molecule has 0 aliphatic carbocycles. The van der Waals surface area contributed by atoms with E-state index in [0.29, 0.717) is 11.9 Å². The summed E-state index contributed by atoms with van der Waals surface area (Å²) in [6.07, 6.45) is 0.734. The number of aromatic nitrogens is 1. The number of aromatic hydroxyl groups is 1. The summed E-state index contributed by atoms with van der Waals surface area (Å²) in [7, 11) is 0. The fraction of sp³-hybridized carbons (Fsp3) is 0.0870. The zero-order chi connectivity index (χ0) is 20.2. The average Bonchev–Trinajstić information content (AvgIpc) is 3.02. The molecule has 0 unspecified atom stereocenters. The molecule has 0 radical (unpaired) electrons. The molecule has 1 heterocycles. The molecule has 0 saturated heterocycles. The van der Waals surface area contributed by atoms with Gasteiger partial charge in [-0.05, 0) is 42.3 Å². The highest BCUT2D eigenvalue weighted by Gasteiger charge is 2.17. The molecule has 5 nitrogen and oxygen atoms in total. The van der Waals surface area contributed by atoms with Crippen molar-refractivity contribution in [2.24, 2.45) is 10.2 Å². The third kappa shape index (κ3) is 3.91. The van der Waals surface area contributed by atoms with Gasteiger partial charge in [0, 0.05) is 17.5 Å². The van der Waals surface area contributed by atoms with Crippen LogP contribution in [0.25, 0.3) is 10.9 Å². The zero-order valence-electron chi connectivity index (χ0n) is 15.5. The van der Waals surface area contributed by atoms with Crippen molar-refractivity contribution in [1.82, 2.24) is 4.57 Å². The molecule has 4 rings (SSSR count). The van der Waals surface area contributed by atoms with Crippen molar-refractivity contribution in [3.05, 3.63) is 95.8 Å². The van der Waals surface area contributed by atoms with Crippen LogP contribution in [0.3, 0.4) is 0 Å². The Kier molecular flexibility index (Phi) is 5.16. The van der Waals surface area contributed by atoms with Gasteiger partial charge in [-0.25, -0.2) is 4.39 Å². The second-order valence-electron chi connectivity index (χ2n) is 6.59. The van der Waals surface area contributed by atoms with E-state index in [4.69, 9.17) is 0 Å². The Labute approximate surface area is 166 Å². The largest absolute Gasteiger partial charge is 0.493 e. The maximum Gasteiger partial charge on any atom is 0.295 e. The van der Waals surface area contributed by atoms with Crippen LogP contribution in [0.4, 0.5) is 10.1 Å². The van der Waals surface area contributed by atoms with E-state index >= 15 is 0 Å². The van der Waals surface area contributed by atoms with E-state index in [1.165, 1.54) is 24.3 Å². The predicted octanol–water partition coefficient (Wildman–Crippen LogP) is 5.65. The number of aryl methyl sites for hydroxylation is 2. The molecule has 1 N–H and O–H groups in total. The molecule has 0 saturated carbocycles. The first-order valence-electron chi connectivity index (χ1n) is 9.19. The first kappa shape index (κ1) is 18.6. The van der Waals surface area contributed by atoms with Crippen LogP contribution in [0.5, 0.6) is 5.88 Å². The van der Waals surface area contributed by atoms with Crippen molar-refractivity contribution < 1.29 is 14.3 Å². The average molecular weight is 387 g/mol. The summed E-state index contributed by atoms with van der Waals surface area (Å²) in [5.74, 6) is -1.08. The van der Waals surface area contributed by atoms with E-state index in [9.17, 15) is 14.3 Å². The minimum absolute atomic E-state index is 0.0437. The number of rotatable bonds is 5. The molecule has 1 aromatic heterocycles. The van der Waals surface area contributed by atoms with Crippen LogP contribution in [0.1, 0.15) is 15.9 Å². The molecular formula is C23H18FN3O2. The van der Waals surface area contributed by atoms with Gasteiger partial charge in [0.2, 0.25) is 5.88 Å². The summed E-state index contributed by atoms with van der Waals surface area (Å²) < 4.78 is 14.8. The Balaban J connectivity index is 1.65. The Morgan fingerprint density at radius 3 is 2.38 bits per heavy atom. The van der Waals surface area contributed by atoms with Crippen LogP contribution in [-0.4, -0.2) is 15.6 Å². The molecule has 0 spiro atoms. The Bertz CT molecular complexity index is 1180. The SMILES string of the molecule is O=C(N=Nc1c(O)n(CCc2ccccc2)c2ccccc12)c1ccc(F)cc1. The van der Waals surface area contributed by atoms with E-state index in [-0.39, 0.29) is 17.1 Å². The van der Waals surface area contributed by atoms with Crippen LogP contribution in [0.2, 0.25) is 0 Å². The Hall–Kier alpha value is -3.80. The van der Waals surface area contributed by atoms with E-state index in [2.05, 4.69) is 10.2 Å². The predicted molar refractivity (Wildman–Crippen MR) is 109 cm³/mol. The third-order valence-electron chi connectivity index (χ3n) is 4.72. The van der Waals surface area contributed by atoms with Gasteiger partial charge in [-0.15, -0.1) is 10.2 Å². The van der Waals surface area contributed by atoms with Crippen molar-refractivity contribution in [2.45, 2.75) is 13.0 Å². The van der Waals surface area contributed by atoms with Gasteiger partial charge in [-0.3, -0.25) is 4.79 Å². The van der Waals surface area contributed by atoms with Gasteiger partial charge in [0.25, 0.3) is 5.91 Å². The van der Waals surface area contributed by atoms with E-state index in [0.717, 1.165) is 17.5 Å². The lowest BCUT2D eigenvalue weighted by molar-refractivity contribution is 0.0995. The van der Waals surface area contributed by atoms with Crippen molar-refractivity contribution in [3.8, 4) is 5.88 Å². The highest BCUT2D eigenvalue weighted by atomic mass is 19.1. The van der Waals surface area contributed by atoms with Crippen molar-refractivity contribution in [3.63, 3.8) is 0 Å². The second-order valence-corrected chi connectivity index (χ2v) is 6.59. The number of halogens is 1. The Morgan fingerprint density at radius 2 is 1.62 bits per heavy atom. The molecule has 0 fully saturated rings. The van der Waals surface area contributed by atoms with Crippen molar-refractivity contribution >= 4 is 22.5 Å². The number of carbonyl (C=O) groups is 1. The van der Waals surface area contributed by atoms with Gasteiger partial charge < -0.3 is 9.67 Å². The number of nitrogens with zero attached hydrogens (tertiary/aromatic N) is 3. The number of benzene rings is 3. The molecule has 0 aliphatic heterocycles. The molecular weight excluding hydrogens is 369 g/mol. The highest BCUT2D eigenvalue weighted by molar-refractivity contribution is 5.97. The third-order valence-corrected chi connectivity index (χ3v) is 4.72. The lowest BCUT2D eigenvalue weighted by atomic mass is 10.1. The summed E-state index contributed by atoms with van der Waals surface area (Å²) in [5, 5.41) is 19.2. The maximum absolute atomic E-state index is 13.0. The van der Waals surface area contributed by atoms with Crippen LogP contribution < -0.4 is 0 Å². The minimum Gasteiger partial charge on any atom is -0.493 e. The first-order chi connectivity index (χ1) is 14.1. The molecule has 144 valence electrons. The van der Waals surface area contributed by atoms with Crippen molar-refractivity contribution in [2.75, 3.05) is 0 Å². The highest BCUT2D eigenvalue weighted by Crippen LogP contribution is 2.39. The van der Waals surface area contributed by atoms with Crippen LogP contribution >= 0.6 is 0 Å². The Morgan fingerprint density at radius 1 is 0.931 bits per heavy atom. The van der Waals surface area contributed by atoms with Crippen LogP contribution in [0, 0.1) is 5.82 Å². The zero-order valence-corrected chi connectivity index (χ0v) is 15.5. The van der Waals surface area contributed by atoms with Crippen molar-refractivity contribution in [1.29, 1.82) is 0 Å². The van der Waals surface area contributed by atoms with E-state index in [1.54, 1.807) is 4.57 Å². The summed E-state index contributed by atoms with van der Waals surface area (Å²) in [6, 6.07) is 22.5. The summed E-state index contributed by atoms with van der Waals surface area (Å²) >= 11 is 0. The topological polar surface area (TPSA) is 66.9 Å². The molecule has 0 bridgehead atoms. The fourth-order valence-electron chi connectivity index (χ4n) is 3.23. The van der Waals surface area contributed by atoms with Crippen LogP contribution in [-0.2, 0) is 13.0 Å². The number of para-hydroxylation sites is 1. The molecule has 6 heteroatoms. The standard InChI is InChI=1S/C23H18FN3O2/c24-18-12-10-17(11-13-18)22(28)26-25-21-19-8-4-5-9-20(19)27(23(21)29)15-14-16-6-2-1-3-7-16/h1-13,29H,14-15H2. The van der Waals surface area contributed by atoms with Gasteiger partial charge >= 0.3 is 0 Å². The fourth-order valence-corrected chi connectivity index (χ4v) is 3.23. The first-order valence-corrected chi connectivity index (χ1v) is 9.19. The van der Waals surface area contributed by atoms with Crippen LogP contribution in [0.15, 0.2) is 89.1 Å². The lowest BCUT2D eigenvalue weighted by Gasteiger charge is -2.07. The van der Waals surface area contributed by atoms with E-state index < -0.39 is 11.7 Å². The number of amides is 1. The lowest BCUT2D eigenvalue weighted by Crippen LogP contribution is -2.00. The molecule has 1 amide bonds. The number of fused-ring (bicyclic) bond motifs is 1. The molecule has 29 heavy (non-hydrogen) atoms. The van der Waals surface area contributed by atoms with Gasteiger partial charge in [-0.1, -0.05) is 48.5 Å². The summed E-state index contributed by atoms with van der Waals surface area (Å²) in [4.78, 5) is 12.2.